The highest BCUT2D eigenvalue weighted by atomic mass is 16.5. The van der Waals surface area contributed by atoms with E-state index in [1.807, 2.05) is 25.1 Å². The first-order valence-electron chi connectivity index (χ1n) is 9.72. The van der Waals surface area contributed by atoms with Gasteiger partial charge in [0, 0.05) is 23.6 Å². The minimum Gasteiger partial charge on any atom is -0.338 e. The maximum Gasteiger partial charge on any atom is 0.233 e. The van der Waals surface area contributed by atoms with Gasteiger partial charge in [-0.1, -0.05) is 65.3 Å². The van der Waals surface area contributed by atoms with Gasteiger partial charge in [0.2, 0.25) is 5.88 Å². The van der Waals surface area contributed by atoms with E-state index in [1.165, 1.54) is 11.1 Å². The normalized spacial score (nSPS) is 21.1. The van der Waals surface area contributed by atoms with E-state index in [0.717, 1.165) is 34.5 Å². The van der Waals surface area contributed by atoms with Crippen LogP contribution in [-0.4, -0.2) is 10.9 Å². The smallest absolute Gasteiger partial charge is 0.233 e. The largest absolute Gasteiger partial charge is 0.338 e. The molecule has 0 unspecified atom stereocenters. The summed E-state index contributed by atoms with van der Waals surface area (Å²) in [4.78, 5) is 13.4. The predicted molar refractivity (Wildman–Crippen MR) is 108 cm³/mol. The Bertz CT molecular complexity index is 1080. The third kappa shape index (κ3) is 2.68. The van der Waals surface area contributed by atoms with Gasteiger partial charge in [0.25, 0.3) is 0 Å². The number of aromatic nitrogens is 1. The maximum atomic E-state index is 13.4. The molecule has 0 radical (unpaired) electrons. The third-order valence-corrected chi connectivity index (χ3v) is 5.94. The van der Waals surface area contributed by atoms with Crippen LogP contribution in [0.25, 0.3) is 0 Å². The van der Waals surface area contributed by atoms with Gasteiger partial charge in [0.05, 0.1) is 11.3 Å². The first-order chi connectivity index (χ1) is 13.6. The number of fused-ring (bicyclic) bond motifs is 1. The van der Waals surface area contributed by atoms with Gasteiger partial charge in [-0.15, -0.1) is 0 Å². The molecule has 0 bridgehead atoms. The van der Waals surface area contributed by atoms with Crippen molar-refractivity contribution >= 4 is 11.7 Å². The van der Waals surface area contributed by atoms with E-state index in [-0.39, 0.29) is 17.6 Å². The summed E-state index contributed by atoms with van der Waals surface area (Å²) in [6.07, 6.45) is 1.33. The number of carbonyl (C=O) groups is 1. The summed E-state index contributed by atoms with van der Waals surface area (Å²) < 4.78 is 5.58. The molecule has 1 aromatic heterocycles. The lowest BCUT2D eigenvalue weighted by atomic mass is 9.72. The standard InChI is InChI=1S/C24H22N2O2/c1-14-8-10-17(11-9-14)22-21-15(2)26-28-24(21)25-19-12-18(13-20(27)23(19)22)16-6-4-3-5-7-16/h3-11,18,22,25H,12-13H2,1-2H3/t18-,22-/m0/s1. The zero-order valence-electron chi connectivity index (χ0n) is 16.0. The van der Waals surface area contributed by atoms with Gasteiger partial charge in [-0.25, -0.2) is 0 Å². The molecule has 28 heavy (non-hydrogen) atoms. The molecule has 2 aliphatic rings. The average Bonchev–Trinajstić information content (AvgIpc) is 3.08. The number of Topliss-reactive ketones (excluding diaryl/α,β-unsaturated/α-hetero) is 1. The van der Waals surface area contributed by atoms with Crippen LogP contribution in [0, 0.1) is 13.8 Å². The molecule has 3 aromatic rings. The summed E-state index contributed by atoms with van der Waals surface area (Å²) >= 11 is 0. The van der Waals surface area contributed by atoms with Gasteiger partial charge in [-0.2, -0.15) is 0 Å². The lowest BCUT2D eigenvalue weighted by Crippen LogP contribution is -2.29. The number of hydrogen-bond donors (Lipinski definition) is 1. The molecule has 1 aliphatic heterocycles. The lowest BCUT2D eigenvalue weighted by Gasteiger charge is -2.34. The number of nitrogens with zero attached hydrogens (tertiary/aromatic N) is 1. The summed E-state index contributed by atoms with van der Waals surface area (Å²) in [5, 5.41) is 7.57. The van der Waals surface area contributed by atoms with Crippen molar-refractivity contribution in [3.8, 4) is 0 Å². The average molecular weight is 370 g/mol. The SMILES string of the molecule is Cc1ccc([C@@H]2C3=C(C[C@H](c4ccccc4)CC3=O)Nc3onc(C)c32)cc1. The second-order valence-corrected chi connectivity index (χ2v) is 7.81. The molecule has 5 rings (SSSR count). The fourth-order valence-corrected chi connectivity index (χ4v) is 4.53. The van der Waals surface area contributed by atoms with Gasteiger partial charge < -0.3 is 9.84 Å². The maximum absolute atomic E-state index is 13.4. The molecule has 1 N–H and O–H groups in total. The number of aryl methyl sites for hydroxylation is 2. The molecule has 4 nitrogen and oxygen atoms in total. The lowest BCUT2D eigenvalue weighted by molar-refractivity contribution is -0.116. The zero-order valence-corrected chi connectivity index (χ0v) is 16.0. The molecule has 1 aliphatic carbocycles. The van der Waals surface area contributed by atoms with Crippen LogP contribution < -0.4 is 5.32 Å². The van der Waals surface area contributed by atoms with E-state index in [2.05, 4.69) is 53.8 Å². The second kappa shape index (κ2) is 6.48. The Morgan fingerprint density at radius 1 is 0.964 bits per heavy atom. The van der Waals surface area contributed by atoms with Crippen LogP contribution in [0.15, 0.2) is 70.4 Å². The number of hydrogen-bond acceptors (Lipinski definition) is 4. The van der Waals surface area contributed by atoms with Crippen LogP contribution >= 0.6 is 0 Å². The number of allylic oxidation sites excluding steroid dienone is 2. The Morgan fingerprint density at radius 3 is 2.46 bits per heavy atom. The Kier molecular flexibility index (Phi) is 3.93. The molecule has 0 amide bonds. The molecule has 4 heteroatoms. The Hall–Kier alpha value is -3.14. The molecule has 2 atom stereocenters. The van der Waals surface area contributed by atoms with Crippen molar-refractivity contribution in [2.45, 2.75) is 38.5 Å². The van der Waals surface area contributed by atoms with E-state index in [4.69, 9.17) is 4.52 Å². The van der Waals surface area contributed by atoms with E-state index >= 15 is 0 Å². The highest BCUT2D eigenvalue weighted by molar-refractivity contribution is 6.01. The van der Waals surface area contributed by atoms with Crippen molar-refractivity contribution in [2.75, 3.05) is 5.32 Å². The molecular weight excluding hydrogens is 348 g/mol. The molecular formula is C24H22N2O2. The Morgan fingerprint density at radius 2 is 1.71 bits per heavy atom. The van der Waals surface area contributed by atoms with Gasteiger partial charge in [0.1, 0.15) is 0 Å². The summed E-state index contributed by atoms with van der Waals surface area (Å²) in [5.74, 6) is 0.939. The van der Waals surface area contributed by atoms with Crippen molar-refractivity contribution in [1.82, 2.24) is 5.16 Å². The fourth-order valence-electron chi connectivity index (χ4n) is 4.53. The molecule has 2 heterocycles. The molecule has 0 spiro atoms. The highest BCUT2D eigenvalue weighted by Crippen LogP contribution is 2.48. The van der Waals surface area contributed by atoms with Crippen LogP contribution in [-0.2, 0) is 4.79 Å². The van der Waals surface area contributed by atoms with Crippen molar-refractivity contribution in [3.63, 3.8) is 0 Å². The summed E-state index contributed by atoms with van der Waals surface area (Å²) in [5.41, 5.74) is 7.17. The highest BCUT2D eigenvalue weighted by Gasteiger charge is 2.40. The molecule has 0 saturated carbocycles. The second-order valence-electron chi connectivity index (χ2n) is 7.81. The van der Waals surface area contributed by atoms with Crippen LogP contribution in [0.2, 0.25) is 0 Å². The van der Waals surface area contributed by atoms with Crippen molar-refractivity contribution in [3.05, 3.63) is 93.8 Å². The number of benzene rings is 2. The Labute approximate surface area is 164 Å². The topological polar surface area (TPSA) is 55.1 Å². The molecule has 140 valence electrons. The summed E-state index contributed by atoms with van der Waals surface area (Å²) in [6, 6.07) is 18.7. The molecule has 2 aromatic carbocycles. The van der Waals surface area contributed by atoms with Crippen molar-refractivity contribution < 1.29 is 9.32 Å². The van der Waals surface area contributed by atoms with E-state index in [9.17, 15) is 4.79 Å². The Balaban J connectivity index is 1.63. The minimum absolute atomic E-state index is 0.123. The quantitative estimate of drug-likeness (QED) is 0.669. The zero-order chi connectivity index (χ0) is 19.3. The van der Waals surface area contributed by atoms with Gasteiger partial charge in [-0.3, -0.25) is 4.79 Å². The summed E-state index contributed by atoms with van der Waals surface area (Å²) in [6.45, 7) is 4.01. The van der Waals surface area contributed by atoms with Crippen LogP contribution in [0.5, 0.6) is 0 Å². The van der Waals surface area contributed by atoms with Gasteiger partial charge in [-0.05, 0) is 37.3 Å². The number of anilines is 1. The van der Waals surface area contributed by atoms with Crippen LogP contribution in [0.4, 0.5) is 5.88 Å². The first-order valence-corrected chi connectivity index (χ1v) is 9.72. The molecule has 0 saturated heterocycles. The number of nitrogens with one attached hydrogen (secondary N) is 1. The third-order valence-electron chi connectivity index (χ3n) is 5.94. The van der Waals surface area contributed by atoms with Crippen LogP contribution in [0.1, 0.15) is 52.6 Å². The van der Waals surface area contributed by atoms with Crippen LogP contribution in [0.3, 0.4) is 0 Å². The molecule has 0 fully saturated rings. The van der Waals surface area contributed by atoms with Gasteiger partial charge in [0.15, 0.2) is 5.78 Å². The fraction of sp³-hybridized carbons (Fsp3) is 0.250. The van der Waals surface area contributed by atoms with Crippen molar-refractivity contribution in [1.29, 1.82) is 0 Å². The first kappa shape index (κ1) is 17.0. The monoisotopic (exact) mass is 370 g/mol. The minimum atomic E-state index is -0.123. The number of ketones is 1. The predicted octanol–water partition coefficient (Wildman–Crippen LogP) is 5.25. The van der Waals surface area contributed by atoms with E-state index in [1.54, 1.807) is 0 Å². The van der Waals surface area contributed by atoms with E-state index in [0.29, 0.717) is 12.3 Å². The number of rotatable bonds is 2. The number of carbonyl (C=O) groups excluding carboxylic acids is 1. The van der Waals surface area contributed by atoms with Gasteiger partial charge >= 0.3 is 0 Å². The van der Waals surface area contributed by atoms with Crippen molar-refractivity contribution in [2.24, 2.45) is 0 Å². The van der Waals surface area contributed by atoms with E-state index < -0.39 is 0 Å². The summed E-state index contributed by atoms with van der Waals surface area (Å²) in [7, 11) is 0.